The minimum absolute atomic E-state index is 0.539. The fraction of sp³-hybridized carbons (Fsp3) is 0.0526. The zero-order valence-electron chi connectivity index (χ0n) is 14.5. The number of H-pyrrole nitrogens is 1. The minimum Gasteiger partial charge on any atom is -0.339 e. The van der Waals surface area contributed by atoms with E-state index in [-0.39, 0.29) is 0 Å². The maximum absolute atomic E-state index is 4.73. The molecule has 9 heteroatoms. The van der Waals surface area contributed by atoms with Crippen LogP contribution in [0.25, 0.3) is 21.1 Å². The molecule has 5 rings (SSSR count). The molecule has 28 heavy (non-hydrogen) atoms. The molecule has 0 atom stereocenters. The summed E-state index contributed by atoms with van der Waals surface area (Å²) in [5.74, 6) is 1.31. The molecule has 4 heterocycles. The third-order valence-electron chi connectivity index (χ3n) is 4.27. The largest absolute Gasteiger partial charge is 0.339 e. The van der Waals surface area contributed by atoms with E-state index in [0.29, 0.717) is 5.95 Å². The normalized spacial score (nSPS) is 11.2. The van der Waals surface area contributed by atoms with E-state index in [0.717, 1.165) is 48.4 Å². The lowest BCUT2D eigenvalue weighted by Crippen LogP contribution is -2.03. The van der Waals surface area contributed by atoms with Crippen LogP contribution in [0.15, 0.2) is 54.2 Å². The van der Waals surface area contributed by atoms with Crippen LogP contribution in [0.5, 0.6) is 0 Å². The van der Waals surface area contributed by atoms with Crippen molar-refractivity contribution in [2.75, 3.05) is 10.6 Å². The number of alkyl halides is 1. The molecular weight excluding hydrogens is 485 g/mol. The first kappa shape index (κ1) is 17.3. The lowest BCUT2D eigenvalue weighted by Gasteiger charge is -2.11. The SMILES string of the molecule is ICc1ncccc1Nc1nc(Nc2ccc3[nH]ncc3c2)c2sccc2n1. The van der Waals surface area contributed by atoms with Gasteiger partial charge in [-0.2, -0.15) is 10.1 Å². The zero-order valence-corrected chi connectivity index (χ0v) is 17.5. The van der Waals surface area contributed by atoms with Crippen LogP contribution in [0.4, 0.5) is 23.1 Å². The molecular formula is C19H14IN7S. The highest BCUT2D eigenvalue weighted by Gasteiger charge is 2.12. The number of aromatic nitrogens is 5. The van der Waals surface area contributed by atoms with Crippen LogP contribution >= 0.6 is 33.9 Å². The molecule has 138 valence electrons. The van der Waals surface area contributed by atoms with Gasteiger partial charge in [-0.05, 0) is 41.8 Å². The minimum atomic E-state index is 0.539. The highest BCUT2D eigenvalue weighted by Crippen LogP contribution is 2.31. The smallest absolute Gasteiger partial charge is 0.229 e. The van der Waals surface area contributed by atoms with Crippen molar-refractivity contribution in [1.82, 2.24) is 25.1 Å². The third kappa shape index (κ3) is 3.27. The number of rotatable bonds is 5. The summed E-state index contributed by atoms with van der Waals surface area (Å²) >= 11 is 3.91. The van der Waals surface area contributed by atoms with E-state index in [9.17, 15) is 0 Å². The number of aromatic amines is 1. The molecule has 3 N–H and O–H groups in total. The van der Waals surface area contributed by atoms with Crippen LogP contribution in [0.3, 0.4) is 0 Å². The first-order valence-corrected chi connectivity index (χ1v) is 10.9. The Hall–Kier alpha value is -2.79. The number of nitrogens with one attached hydrogen (secondary N) is 3. The molecule has 0 fully saturated rings. The van der Waals surface area contributed by atoms with Crippen LogP contribution < -0.4 is 10.6 Å². The summed E-state index contributed by atoms with van der Waals surface area (Å²) in [6.07, 6.45) is 3.60. The van der Waals surface area contributed by atoms with E-state index < -0.39 is 0 Å². The number of anilines is 4. The van der Waals surface area contributed by atoms with E-state index in [1.54, 1.807) is 17.5 Å². The predicted molar refractivity (Wildman–Crippen MR) is 122 cm³/mol. The molecule has 0 aliphatic rings. The van der Waals surface area contributed by atoms with Gasteiger partial charge in [0.2, 0.25) is 5.95 Å². The molecule has 0 bridgehead atoms. The Morgan fingerprint density at radius 3 is 3.00 bits per heavy atom. The van der Waals surface area contributed by atoms with Crippen molar-refractivity contribution < 1.29 is 0 Å². The maximum Gasteiger partial charge on any atom is 0.229 e. The second-order valence-corrected chi connectivity index (χ2v) is 7.76. The van der Waals surface area contributed by atoms with Crippen LogP contribution in [-0.2, 0) is 4.43 Å². The van der Waals surface area contributed by atoms with Gasteiger partial charge in [0.1, 0.15) is 0 Å². The number of fused-ring (bicyclic) bond motifs is 2. The molecule has 0 radical (unpaired) electrons. The fourth-order valence-corrected chi connectivity index (χ4v) is 4.32. The summed E-state index contributed by atoms with van der Waals surface area (Å²) in [4.78, 5) is 13.8. The van der Waals surface area contributed by atoms with Crippen molar-refractivity contribution in [3.63, 3.8) is 0 Å². The Bertz CT molecular complexity index is 1280. The summed E-state index contributed by atoms with van der Waals surface area (Å²) in [6.45, 7) is 0. The number of nitrogens with zero attached hydrogens (tertiary/aromatic N) is 4. The maximum atomic E-state index is 4.73. The van der Waals surface area contributed by atoms with Crippen LogP contribution in [0, 0.1) is 0 Å². The van der Waals surface area contributed by atoms with Gasteiger partial charge in [-0.15, -0.1) is 11.3 Å². The van der Waals surface area contributed by atoms with Gasteiger partial charge in [0, 0.05) is 21.7 Å². The summed E-state index contributed by atoms with van der Waals surface area (Å²) in [7, 11) is 0. The molecule has 5 aromatic rings. The van der Waals surface area contributed by atoms with Crippen LogP contribution in [0.2, 0.25) is 0 Å². The van der Waals surface area contributed by atoms with E-state index in [2.05, 4.69) is 53.4 Å². The van der Waals surface area contributed by atoms with Gasteiger partial charge in [-0.1, -0.05) is 22.6 Å². The molecule has 0 saturated heterocycles. The van der Waals surface area contributed by atoms with E-state index >= 15 is 0 Å². The lowest BCUT2D eigenvalue weighted by atomic mass is 10.2. The van der Waals surface area contributed by atoms with Crippen molar-refractivity contribution in [2.24, 2.45) is 0 Å². The Balaban J connectivity index is 1.53. The topological polar surface area (TPSA) is 91.4 Å². The molecule has 4 aromatic heterocycles. The summed E-state index contributed by atoms with van der Waals surface area (Å²) in [6, 6.07) is 11.9. The van der Waals surface area contributed by atoms with Gasteiger partial charge < -0.3 is 10.6 Å². The van der Waals surface area contributed by atoms with E-state index in [4.69, 9.17) is 4.98 Å². The number of halogens is 1. The van der Waals surface area contributed by atoms with Gasteiger partial charge in [0.15, 0.2) is 5.82 Å². The Labute approximate surface area is 177 Å². The van der Waals surface area contributed by atoms with Crippen molar-refractivity contribution >= 4 is 78.2 Å². The molecule has 1 aromatic carbocycles. The second kappa shape index (κ2) is 7.32. The summed E-state index contributed by atoms with van der Waals surface area (Å²) in [5.41, 5.74) is 4.73. The van der Waals surface area contributed by atoms with Gasteiger partial charge in [-0.3, -0.25) is 10.1 Å². The summed E-state index contributed by atoms with van der Waals surface area (Å²) < 4.78 is 1.82. The van der Waals surface area contributed by atoms with Gasteiger partial charge in [0.25, 0.3) is 0 Å². The first-order chi connectivity index (χ1) is 13.8. The molecule has 0 aliphatic carbocycles. The van der Waals surface area contributed by atoms with Gasteiger partial charge >= 0.3 is 0 Å². The van der Waals surface area contributed by atoms with Gasteiger partial charge in [0.05, 0.1) is 33.3 Å². The van der Waals surface area contributed by atoms with Gasteiger partial charge in [-0.25, -0.2) is 4.98 Å². The predicted octanol–water partition coefficient (Wildman–Crippen LogP) is 5.38. The van der Waals surface area contributed by atoms with E-state index in [1.807, 2.05) is 48.0 Å². The van der Waals surface area contributed by atoms with Crippen molar-refractivity contribution in [3.05, 3.63) is 59.9 Å². The fourth-order valence-electron chi connectivity index (χ4n) is 2.94. The molecule has 0 amide bonds. The Morgan fingerprint density at radius 2 is 2.07 bits per heavy atom. The van der Waals surface area contributed by atoms with Crippen molar-refractivity contribution in [2.45, 2.75) is 4.43 Å². The number of hydrogen-bond donors (Lipinski definition) is 3. The van der Waals surface area contributed by atoms with Crippen LogP contribution in [-0.4, -0.2) is 25.1 Å². The molecule has 0 unspecified atom stereocenters. The number of pyridine rings is 1. The number of benzene rings is 1. The highest BCUT2D eigenvalue weighted by molar-refractivity contribution is 14.1. The highest BCUT2D eigenvalue weighted by atomic mass is 127. The van der Waals surface area contributed by atoms with Crippen molar-refractivity contribution in [3.8, 4) is 0 Å². The average molecular weight is 499 g/mol. The second-order valence-electron chi connectivity index (χ2n) is 6.08. The Morgan fingerprint density at radius 1 is 1.11 bits per heavy atom. The Kier molecular flexibility index (Phi) is 4.53. The zero-order chi connectivity index (χ0) is 18.9. The molecule has 7 nitrogen and oxygen atoms in total. The standard InChI is InChI=1S/C19H14IN7S/c20-9-16-14(2-1-6-21-16)24-19-25-15-5-7-28-17(15)18(26-19)23-12-3-4-13-11(8-12)10-22-27-13/h1-8,10H,9H2,(H,22,27)(H2,23,24,25,26). The first-order valence-electron chi connectivity index (χ1n) is 8.52. The monoisotopic (exact) mass is 499 g/mol. The summed E-state index contributed by atoms with van der Waals surface area (Å²) in [5, 5.41) is 16.9. The molecule has 0 aliphatic heterocycles. The molecule has 0 saturated carbocycles. The van der Waals surface area contributed by atoms with Crippen molar-refractivity contribution in [1.29, 1.82) is 0 Å². The average Bonchev–Trinajstić information content (AvgIpc) is 3.37. The third-order valence-corrected chi connectivity index (χ3v) is 5.90. The molecule has 0 spiro atoms. The number of thiophene rings is 1. The quantitative estimate of drug-likeness (QED) is 0.222. The van der Waals surface area contributed by atoms with Crippen LogP contribution in [0.1, 0.15) is 5.69 Å². The van der Waals surface area contributed by atoms with E-state index in [1.165, 1.54) is 0 Å². The number of hydrogen-bond acceptors (Lipinski definition) is 7. The lowest BCUT2D eigenvalue weighted by molar-refractivity contribution is 1.12.